The standard InChI is InChI=1S/C16H22N8O.2ClH/c1-2-24-14-10(8-20-11-3-5-18-6-4-11)7-19-9-12(14)21-16(24)13-15(17)23-25-22-13;;/h7,9,11,18,20H,2-6,8H2,1H3,(H2,17,23);2*1H. The van der Waals surface area contributed by atoms with E-state index in [-0.39, 0.29) is 30.6 Å². The van der Waals surface area contributed by atoms with Crippen molar-refractivity contribution in [2.24, 2.45) is 0 Å². The Morgan fingerprint density at radius 2 is 2.04 bits per heavy atom. The summed E-state index contributed by atoms with van der Waals surface area (Å²) in [6.45, 7) is 5.69. The maximum absolute atomic E-state index is 5.86. The monoisotopic (exact) mass is 414 g/mol. The predicted octanol–water partition coefficient (Wildman–Crippen LogP) is 1.77. The highest BCUT2D eigenvalue weighted by molar-refractivity contribution is 5.85. The van der Waals surface area contributed by atoms with Crippen molar-refractivity contribution in [1.82, 2.24) is 35.5 Å². The first-order valence-electron chi connectivity index (χ1n) is 8.63. The number of nitrogens with zero attached hydrogens (tertiary/aromatic N) is 5. The summed E-state index contributed by atoms with van der Waals surface area (Å²) in [5.41, 5.74) is 9.32. The minimum atomic E-state index is 0. The number of hydrogen-bond acceptors (Lipinski definition) is 8. The first kappa shape index (κ1) is 21.4. The zero-order valence-corrected chi connectivity index (χ0v) is 16.6. The molecule has 3 aromatic heterocycles. The number of pyridine rings is 1. The van der Waals surface area contributed by atoms with Crippen molar-refractivity contribution >= 4 is 41.7 Å². The zero-order valence-electron chi connectivity index (χ0n) is 15.0. The highest BCUT2D eigenvalue weighted by Gasteiger charge is 2.21. The van der Waals surface area contributed by atoms with Crippen molar-refractivity contribution in [2.45, 2.75) is 38.9 Å². The first-order chi connectivity index (χ1) is 12.3. The number of hydrogen-bond donors (Lipinski definition) is 3. The van der Waals surface area contributed by atoms with Crippen molar-refractivity contribution in [3.05, 3.63) is 18.0 Å². The maximum atomic E-state index is 5.86. The Kier molecular flexibility index (Phi) is 7.37. The van der Waals surface area contributed by atoms with Crippen LogP contribution >= 0.6 is 24.8 Å². The first-order valence-corrected chi connectivity index (χ1v) is 8.63. The van der Waals surface area contributed by atoms with E-state index in [9.17, 15) is 0 Å². The third-order valence-corrected chi connectivity index (χ3v) is 4.69. The van der Waals surface area contributed by atoms with E-state index >= 15 is 0 Å². The molecule has 0 unspecified atom stereocenters. The SMILES string of the molecule is CCn1c(-c2nonc2N)nc2cncc(CNC3CCNCC3)c21.Cl.Cl. The number of nitrogens with two attached hydrogens (primary N) is 1. The molecule has 0 radical (unpaired) electrons. The fourth-order valence-corrected chi connectivity index (χ4v) is 3.41. The van der Waals surface area contributed by atoms with Crippen LogP contribution in [0, 0.1) is 0 Å². The Morgan fingerprint density at radius 3 is 2.70 bits per heavy atom. The molecule has 3 aromatic rings. The molecule has 0 aromatic carbocycles. The van der Waals surface area contributed by atoms with Crippen molar-refractivity contribution in [1.29, 1.82) is 0 Å². The molecule has 11 heteroatoms. The van der Waals surface area contributed by atoms with Gasteiger partial charge >= 0.3 is 0 Å². The third-order valence-electron chi connectivity index (χ3n) is 4.69. The Hall–Kier alpha value is -1.94. The Morgan fingerprint density at radius 1 is 1.26 bits per heavy atom. The number of nitrogen functional groups attached to an aromatic ring is 1. The van der Waals surface area contributed by atoms with Gasteiger partial charge in [-0.15, -0.1) is 24.8 Å². The molecule has 9 nitrogen and oxygen atoms in total. The average molecular weight is 415 g/mol. The lowest BCUT2D eigenvalue weighted by molar-refractivity contribution is 0.310. The van der Waals surface area contributed by atoms with Crippen LogP contribution in [0.3, 0.4) is 0 Å². The Labute approximate surface area is 169 Å². The molecule has 4 heterocycles. The van der Waals surface area contributed by atoms with Crippen molar-refractivity contribution in [3.63, 3.8) is 0 Å². The number of fused-ring (bicyclic) bond motifs is 1. The fourth-order valence-electron chi connectivity index (χ4n) is 3.41. The number of aryl methyl sites for hydroxylation is 1. The molecule has 0 bridgehead atoms. The summed E-state index contributed by atoms with van der Waals surface area (Å²) in [7, 11) is 0. The molecule has 0 atom stereocenters. The number of rotatable bonds is 5. The molecule has 0 spiro atoms. The topological polar surface area (TPSA) is 120 Å². The van der Waals surface area contributed by atoms with E-state index in [1.807, 2.05) is 6.20 Å². The molecule has 1 aliphatic heterocycles. The summed E-state index contributed by atoms with van der Waals surface area (Å²) in [4.78, 5) is 9.01. The summed E-state index contributed by atoms with van der Waals surface area (Å²) in [6, 6.07) is 0.532. The van der Waals surface area contributed by atoms with Gasteiger partial charge in [0.2, 0.25) is 0 Å². The van der Waals surface area contributed by atoms with E-state index < -0.39 is 0 Å². The molecule has 1 fully saturated rings. The second-order valence-electron chi connectivity index (χ2n) is 6.25. The molecular formula is C16H24Cl2N8O. The van der Waals surface area contributed by atoms with Gasteiger partial charge in [0.15, 0.2) is 17.3 Å². The highest BCUT2D eigenvalue weighted by atomic mass is 35.5. The van der Waals surface area contributed by atoms with Gasteiger partial charge in [0.05, 0.1) is 11.7 Å². The molecule has 4 N–H and O–H groups in total. The van der Waals surface area contributed by atoms with Gasteiger partial charge in [-0.25, -0.2) is 9.61 Å². The maximum Gasteiger partial charge on any atom is 0.199 e. The van der Waals surface area contributed by atoms with Crippen LogP contribution < -0.4 is 16.4 Å². The van der Waals surface area contributed by atoms with Crippen molar-refractivity contribution in [3.8, 4) is 11.5 Å². The summed E-state index contributed by atoms with van der Waals surface area (Å²) < 4.78 is 6.83. The van der Waals surface area contributed by atoms with Gasteiger partial charge in [0, 0.05) is 30.9 Å². The smallest absolute Gasteiger partial charge is 0.199 e. The normalized spacial score (nSPS) is 14.7. The van der Waals surface area contributed by atoms with Gasteiger partial charge in [-0.2, -0.15) is 0 Å². The highest BCUT2D eigenvalue weighted by Crippen LogP contribution is 2.28. The van der Waals surface area contributed by atoms with Gasteiger partial charge in [0.1, 0.15) is 5.52 Å². The number of nitrogens with one attached hydrogen (secondary N) is 2. The Bertz CT molecular complexity index is 875. The predicted molar refractivity (Wildman–Crippen MR) is 108 cm³/mol. The van der Waals surface area contributed by atoms with E-state index in [4.69, 9.17) is 10.4 Å². The number of halogens is 2. The summed E-state index contributed by atoms with van der Waals surface area (Å²) in [5.74, 6) is 0.903. The van der Waals surface area contributed by atoms with E-state index in [1.54, 1.807) is 6.20 Å². The zero-order chi connectivity index (χ0) is 17.2. The molecule has 27 heavy (non-hydrogen) atoms. The number of aromatic nitrogens is 5. The minimum Gasteiger partial charge on any atom is -0.379 e. The second kappa shape index (κ2) is 9.32. The van der Waals surface area contributed by atoms with E-state index in [0.29, 0.717) is 17.6 Å². The van der Waals surface area contributed by atoms with Crippen LogP contribution in [0.25, 0.3) is 22.6 Å². The number of imidazole rings is 1. The van der Waals surface area contributed by atoms with Gasteiger partial charge in [-0.3, -0.25) is 4.98 Å². The average Bonchev–Trinajstić information content (AvgIpc) is 3.23. The lowest BCUT2D eigenvalue weighted by Gasteiger charge is -2.24. The van der Waals surface area contributed by atoms with Crippen LogP contribution in [-0.2, 0) is 13.1 Å². The largest absolute Gasteiger partial charge is 0.379 e. The summed E-state index contributed by atoms with van der Waals surface area (Å²) in [5, 5.41) is 14.6. The van der Waals surface area contributed by atoms with Crippen LogP contribution in [0.15, 0.2) is 17.0 Å². The fraction of sp³-hybridized carbons (Fsp3) is 0.500. The second-order valence-corrected chi connectivity index (χ2v) is 6.25. The summed E-state index contributed by atoms with van der Waals surface area (Å²) in [6.07, 6.45) is 5.95. The molecule has 4 rings (SSSR count). The van der Waals surface area contributed by atoms with Gasteiger partial charge in [-0.05, 0) is 43.2 Å². The van der Waals surface area contributed by atoms with Gasteiger partial charge < -0.3 is 20.9 Å². The van der Waals surface area contributed by atoms with E-state index in [2.05, 4.69) is 42.4 Å². The molecular weight excluding hydrogens is 391 g/mol. The van der Waals surface area contributed by atoms with Gasteiger partial charge in [0.25, 0.3) is 0 Å². The van der Waals surface area contributed by atoms with E-state index in [0.717, 1.165) is 55.6 Å². The van der Waals surface area contributed by atoms with Crippen molar-refractivity contribution < 1.29 is 4.63 Å². The number of anilines is 1. The molecule has 1 saturated heterocycles. The molecule has 0 saturated carbocycles. The number of piperidine rings is 1. The molecule has 1 aliphatic rings. The van der Waals surface area contributed by atoms with Crippen molar-refractivity contribution in [2.75, 3.05) is 18.8 Å². The molecule has 148 valence electrons. The molecule has 0 amide bonds. The lowest BCUT2D eigenvalue weighted by atomic mass is 10.1. The summed E-state index contributed by atoms with van der Waals surface area (Å²) >= 11 is 0. The van der Waals surface area contributed by atoms with E-state index in [1.165, 1.54) is 0 Å². The minimum absolute atomic E-state index is 0. The quantitative estimate of drug-likeness (QED) is 0.577. The van der Waals surface area contributed by atoms with Crippen LogP contribution in [0.5, 0.6) is 0 Å². The van der Waals surface area contributed by atoms with Gasteiger partial charge in [-0.1, -0.05) is 0 Å². The van der Waals surface area contributed by atoms with Crippen LogP contribution in [0.1, 0.15) is 25.3 Å². The van der Waals surface area contributed by atoms with Crippen LogP contribution in [0.4, 0.5) is 5.82 Å². The van der Waals surface area contributed by atoms with Crippen LogP contribution in [-0.4, -0.2) is 44.0 Å². The third kappa shape index (κ3) is 4.16. The molecule has 0 aliphatic carbocycles. The van der Waals surface area contributed by atoms with Crippen LogP contribution in [0.2, 0.25) is 0 Å². The Balaban J connectivity index is 0.00000131. The lowest BCUT2D eigenvalue weighted by Crippen LogP contribution is -2.39.